The van der Waals surface area contributed by atoms with E-state index in [9.17, 15) is 18.0 Å². The maximum absolute atomic E-state index is 12.4. The lowest BCUT2D eigenvalue weighted by Crippen LogP contribution is -2.40. The molecule has 0 radical (unpaired) electrons. The van der Waals surface area contributed by atoms with Crippen molar-refractivity contribution in [2.24, 2.45) is 0 Å². The molecule has 21 heavy (non-hydrogen) atoms. The molecule has 0 fully saturated rings. The zero-order chi connectivity index (χ0) is 16.0. The van der Waals surface area contributed by atoms with Gasteiger partial charge >= 0.3 is 6.18 Å². The first-order valence-corrected chi connectivity index (χ1v) is 7.07. The van der Waals surface area contributed by atoms with Gasteiger partial charge in [-0.2, -0.15) is 13.2 Å². The third kappa shape index (κ3) is 5.38. The Morgan fingerprint density at radius 1 is 1.52 bits per heavy atom. The zero-order valence-electron chi connectivity index (χ0n) is 11.4. The number of thiazole rings is 1. The van der Waals surface area contributed by atoms with Gasteiger partial charge in [0, 0.05) is 13.1 Å². The molecule has 0 aliphatic heterocycles. The number of nitrogens with one attached hydrogen (secondary N) is 1. The minimum absolute atomic E-state index is 0.0636. The number of amides is 1. The van der Waals surface area contributed by atoms with Gasteiger partial charge in [-0.3, -0.25) is 4.79 Å². The molecule has 10 heteroatoms. The SMILES string of the molecule is CCCNc1nc(N)c(C(=O)N(CCO)CC(F)(F)F)s1. The summed E-state index contributed by atoms with van der Waals surface area (Å²) in [6, 6.07) is 0. The summed E-state index contributed by atoms with van der Waals surface area (Å²) in [5.41, 5.74) is 5.58. The standard InChI is InChI=1S/C11H17F3N4O2S/c1-2-3-16-10-17-8(15)7(21-10)9(20)18(4-5-19)6-11(12,13)14/h19H,2-6,15H2,1H3,(H,16,17). The quantitative estimate of drug-likeness (QED) is 0.707. The largest absolute Gasteiger partial charge is 0.406 e. The van der Waals surface area contributed by atoms with Crippen molar-refractivity contribution in [1.29, 1.82) is 0 Å². The van der Waals surface area contributed by atoms with Crippen LogP contribution in [0, 0.1) is 0 Å². The Labute approximate surface area is 123 Å². The summed E-state index contributed by atoms with van der Waals surface area (Å²) in [5, 5.41) is 12.1. The van der Waals surface area contributed by atoms with Gasteiger partial charge in [0.2, 0.25) is 0 Å². The Morgan fingerprint density at radius 3 is 2.71 bits per heavy atom. The predicted molar refractivity (Wildman–Crippen MR) is 74.4 cm³/mol. The molecule has 6 nitrogen and oxygen atoms in total. The Balaban J connectivity index is 2.90. The number of nitrogens with zero attached hydrogens (tertiary/aromatic N) is 2. The number of nitrogens with two attached hydrogens (primary N) is 1. The molecule has 1 rings (SSSR count). The van der Waals surface area contributed by atoms with Crippen molar-refractivity contribution < 1.29 is 23.1 Å². The molecule has 0 aliphatic carbocycles. The Hall–Kier alpha value is -1.55. The summed E-state index contributed by atoms with van der Waals surface area (Å²) in [4.78, 5) is 16.4. The van der Waals surface area contributed by atoms with Crippen LogP contribution in [0.2, 0.25) is 0 Å². The molecule has 1 amide bonds. The number of anilines is 2. The van der Waals surface area contributed by atoms with E-state index in [0.29, 0.717) is 16.6 Å². The van der Waals surface area contributed by atoms with Crippen molar-refractivity contribution >= 4 is 28.2 Å². The topological polar surface area (TPSA) is 91.5 Å². The first-order valence-electron chi connectivity index (χ1n) is 6.25. The number of aromatic nitrogens is 1. The van der Waals surface area contributed by atoms with Gasteiger partial charge in [0.05, 0.1) is 6.61 Å². The van der Waals surface area contributed by atoms with Gasteiger partial charge in [0.25, 0.3) is 5.91 Å². The van der Waals surface area contributed by atoms with Crippen LogP contribution in [0.1, 0.15) is 23.0 Å². The summed E-state index contributed by atoms with van der Waals surface area (Å²) < 4.78 is 37.3. The molecular weight excluding hydrogens is 309 g/mol. The van der Waals surface area contributed by atoms with Gasteiger partial charge in [-0.25, -0.2) is 4.98 Å². The van der Waals surface area contributed by atoms with Gasteiger partial charge in [-0.15, -0.1) is 0 Å². The number of aliphatic hydroxyl groups excluding tert-OH is 1. The molecule has 0 atom stereocenters. The molecule has 1 aromatic heterocycles. The monoisotopic (exact) mass is 326 g/mol. The maximum atomic E-state index is 12.4. The first kappa shape index (κ1) is 17.5. The number of nitrogen functional groups attached to an aromatic ring is 1. The van der Waals surface area contributed by atoms with E-state index in [0.717, 1.165) is 17.8 Å². The second-order valence-electron chi connectivity index (χ2n) is 4.23. The van der Waals surface area contributed by atoms with Crippen molar-refractivity contribution in [2.45, 2.75) is 19.5 Å². The lowest BCUT2D eigenvalue weighted by Gasteiger charge is -2.22. The number of rotatable bonds is 7. The van der Waals surface area contributed by atoms with Gasteiger partial charge in [-0.1, -0.05) is 18.3 Å². The van der Waals surface area contributed by atoms with E-state index in [1.807, 2.05) is 6.92 Å². The third-order valence-corrected chi connectivity index (χ3v) is 3.42. The molecular formula is C11H17F3N4O2S. The van der Waals surface area contributed by atoms with Crippen LogP contribution in [0.15, 0.2) is 0 Å². The lowest BCUT2D eigenvalue weighted by molar-refractivity contribution is -0.141. The molecule has 1 aromatic rings. The summed E-state index contributed by atoms with van der Waals surface area (Å²) in [6.45, 7) is 0.113. The van der Waals surface area contributed by atoms with Gasteiger partial charge in [-0.05, 0) is 6.42 Å². The van der Waals surface area contributed by atoms with Crippen molar-refractivity contribution in [3.8, 4) is 0 Å². The van der Waals surface area contributed by atoms with E-state index >= 15 is 0 Å². The van der Waals surface area contributed by atoms with Crippen molar-refractivity contribution in [3.05, 3.63) is 4.88 Å². The number of alkyl halides is 3. The van der Waals surface area contributed by atoms with Crippen molar-refractivity contribution in [1.82, 2.24) is 9.88 Å². The van der Waals surface area contributed by atoms with E-state index in [4.69, 9.17) is 10.8 Å². The molecule has 0 saturated heterocycles. The molecule has 0 unspecified atom stereocenters. The normalized spacial score (nSPS) is 11.5. The second kappa shape index (κ2) is 7.46. The van der Waals surface area contributed by atoms with Gasteiger partial charge < -0.3 is 21.1 Å². The molecule has 0 bridgehead atoms. The predicted octanol–water partition coefficient (Wildman–Crippen LogP) is 1.54. The lowest BCUT2D eigenvalue weighted by atomic mass is 10.3. The fourth-order valence-electron chi connectivity index (χ4n) is 1.53. The number of hydrogen-bond acceptors (Lipinski definition) is 6. The van der Waals surface area contributed by atoms with Crippen LogP contribution in [0.25, 0.3) is 0 Å². The second-order valence-corrected chi connectivity index (χ2v) is 5.22. The van der Waals surface area contributed by atoms with Crippen LogP contribution >= 0.6 is 11.3 Å². The van der Waals surface area contributed by atoms with Crippen LogP contribution in [-0.4, -0.2) is 53.3 Å². The van der Waals surface area contributed by atoms with Crippen LogP contribution in [0.5, 0.6) is 0 Å². The van der Waals surface area contributed by atoms with E-state index in [-0.39, 0.29) is 10.7 Å². The first-order chi connectivity index (χ1) is 9.78. The summed E-state index contributed by atoms with van der Waals surface area (Å²) in [6.07, 6.45) is -3.72. The Kier molecular flexibility index (Phi) is 6.21. The van der Waals surface area contributed by atoms with Crippen molar-refractivity contribution in [2.75, 3.05) is 37.3 Å². The minimum atomic E-state index is -4.55. The minimum Gasteiger partial charge on any atom is -0.395 e. The van der Waals surface area contributed by atoms with Crippen LogP contribution in [0.4, 0.5) is 24.1 Å². The van der Waals surface area contributed by atoms with E-state index in [1.165, 1.54) is 0 Å². The van der Waals surface area contributed by atoms with Gasteiger partial charge in [0.15, 0.2) is 5.13 Å². The molecule has 0 aliphatic rings. The fourth-order valence-corrected chi connectivity index (χ4v) is 2.40. The molecule has 0 spiro atoms. The third-order valence-electron chi connectivity index (χ3n) is 2.40. The molecule has 120 valence electrons. The zero-order valence-corrected chi connectivity index (χ0v) is 12.2. The number of carbonyl (C=O) groups is 1. The highest BCUT2D eigenvalue weighted by Gasteiger charge is 2.34. The van der Waals surface area contributed by atoms with Crippen LogP contribution in [-0.2, 0) is 0 Å². The smallest absolute Gasteiger partial charge is 0.395 e. The van der Waals surface area contributed by atoms with E-state index < -0.39 is 31.8 Å². The van der Waals surface area contributed by atoms with E-state index in [2.05, 4.69) is 10.3 Å². The number of carbonyl (C=O) groups excluding carboxylic acids is 1. The highest BCUT2D eigenvalue weighted by Crippen LogP contribution is 2.27. The maximum Gasteiger partial charge on any atom is 0.406 e. The summed E-state index contributed by atoms with van der Waals surface area (Å²) in [7, 11) is 0. The molecule has 1 heterocycles. The van der Waals surface area contributed by atoms with Crippen LogP contribution < -0.4 is 11.1 Å². The average molecular weight is 326 g/mol. The molecule has 0 saturated carbocycles. The number of aliphatic hydroxyl groups is 1. The Morgan fingerprint density at radius 2 is 2.19 bits per heavy atom. The van der Waals surface area contributed by atoms with E-state index in [1.54, 1.807) is 0 Å². The highest BCUT2D eigenvalue weighted by atomic mass is 32.1. The number of hydrogen-bond donors (Lipinski definition) is 3. The van der Waals surface area contributed by atoms with Gasteiger partial charge in [0.1, 0.15) is 17.2 Å². The fraction of sp³-hybridized carbons (Fsp3) is 0.636. The summed E-state index contributed by atoms with van der Waals surface area (Å²) in [5.74, 6) is -1.00. The van der Waals surface area contributed by atoms with Crippen LogP contribution in [0.3, 0.4) is 0 Å². The highest BCUT2D eigenvalue weighted by molar-refractivity contribution is 7.18. The summed E-state index contributed by atoms with van der Waals surface area (Å²) >= 11 is 0.900. The Bertz CT molecular complexity index is 479. The number of halogens is 3. The molecule has 4 N–H and O–H groups in total. The van der Waals surface area contributed by atoms with Crippen molar-refractivity contribution in [3.63, 3.8) is 0 Å². The average Bonchev–Trinajstić information content (AvgIpc) is 2.74. The molecule has 0 aromatic carbocycles.